The SMILES string of the molecule is CC1NC(=O)C(C)(C)N(Cc2ccccc2Br)C1=O. The van der Waals surface area contributed by atoms with E-state index in [1.807, 2.05) is 24.3 Å². The molecule has 0 bridgehead atoms. The third kappa shape index (κ3) is 2.52. The van der Waals surface area contributed by atoms with E-state index in [2.05, 4.69) is 21.2 Å². The summed E-state index contributed by atoms with van der Waals surface area (Å²) in [6, 6.07) is 7.25. The minimum atomic E-state index is -0.834. The summed E-state index contributed by atoms with van der Waals surface area (Å²) in [4.78, 5) is 26.0. The second-order valence-electron chi connectivity index (χ2n) is 5.27. The van der Waals surface area contributed by atoms with Crippen molar-refractivity contribution >= 4 is 27.7 Å². The fraction of sp³-hybridized carbons (Fsp3) is 0.429. The Labute approximate surface area is 121 Å². The van der Waals surface area contributed by atoms with Gasteiger partial charge in [0, 0.05) is 11.0 Å². The maximum absolute atomic E-state index is 12.3. The molecule has 1 saturated heterocycles. The van der Waals surface area contributed by atoms with Gasteiger partial charge in [-0.2, -0.15) is 0 Å². The normalized spacial score (nSPS) is 22.3. The van der Waals surface area contributed by atoms with Crippen LogP contribution in [0.2, 0.25) is 0 Å². The van der Waals surface area contributed by atoms with E-state index >= 15 is 0 Å². The number of hydrogen-bond acceptors (Lipinski definition) is 2. The number of carbonyl (C=O) groups excluding carboxylic acids is 2. The van der Waals surface area contributed by atoms with Crippen molar-refractivity contribution in [3.05, 3.63) is 34.3 Å². The van der Waals surface area contributed by atoms with Crippen molar-refractivity contribution in [1.29, 1.82) is 0 Å². The zero-order valence-corrected chi connectivity index (χ0v) is 12.8. The quantitative estimate of drug-likeness (QED) is 0.905. The summed E-state index contributed by atoms with van der Waals surface area (Å²) in [5, 5.41) is 2.71. The summed E-state index contributed by atoms with van der Waals surface area (Å²) in [5.41, 5.74) is 0.157. The molecular formula is C14H17BrN2O2. The van der Waals surface area contributed by atoms with Crippen LogP contribution in [0.3, 0.4) is 0 Å². The van der Waals surface area contributed by atoms with Gasteiger partial charge in [-0.1, -0.05) is 34.1 Å². The maximum atomic E-state index is 12.3. The molecule has 0 aliphatic carbocycles. The molecule has 0 radical (unpaired) electrons. The maximum Gasteiger partial charge on any atom is 0.246 e. The second kappa shape index (κ2) is 4.96. The number of hydrogen-bond donors (Lipinski definition) is 1. The largest absolute Gasteiger partial charge is 0.343 e. The molecular weight excluding hydrogens is 308 g/mol. The Morgan fingerprint density at radius 1 is 1.32 bits per heavy atom. The van der Waals surface area contributed by atoms with Crippen LogP contribution in [0.1, 0.15) is 26.3 Å². The van der Waals surface area contributed by atoms with Crippen LogP contribution in [0.4, 0.5) is 0 Å². The van der Waals surface area contributed by atoms with Crippen molar-refractivity contribution in [1.82, 2.24) is 10.2 Å². The summed E-state index contributed by atoms with van der Waals surface area (Å²) in [6.07, 6.45) is 0. The Kier molecular flexibility index (Phi) is 3.67. The molecule has 1 heterocycles. The molecule has 1 aromatic carbocycles. The number of halogens is 1. The first-order valence-corrected chi connectivity index (χ1v) is 6.99. The van der Waals surface area contributed by atoms with Gasteiger partial charge in [-0.05, 0) is 32.4 Å². The van der Waals surface area contributed by atoms with E-state index in [4.69, 9.17) is 0 Å². The number of nitrogens with one attached hydrogen (secondary N) is 1. The van der Waals surface area contributed by atoms with Crippen molar-refractivity contribution < 1.29 is 9.59 Å². The molecule has 5 heteroatoms. The number of piperazine rings is 1. The molecule has 0 aromatic heterocycles. The van der Waals surface area contributed by atoms with Crippen LogP contribution < -0.4 is 5.32 Å². The topological polar surface area (TPSA) is 49.4 Å². The van der Waals surface area contributed by atoms with Crippen LogP contribution in [0, 0.1) is 0 Å². The molecule has 1 fully saturated rings. The summed E-state index contributed by atoms with van der Waals surface area (Å²) < 4.78 is 0.942. The molecule has 0 saturated carbocycles. The highest BCUT2D eigenvalue weighted by Gasteiger charge is 2.44. The Balaban J connectivity index is 2.33. The van der Waals surface area contributed by atoms with E-state index in [1.54, 1.807) is 25.7 Å². The summed E-state index contributed by atoms with van der Waals surface area (Å²) in [5.74, 6) is -0.174. The fourth-order valence-corrected chi connectivity index (χ4v) is 2.55. The monoisotopic (exact) mass is 324 g/mol. The molecule has 102 valence electrons. The predicted octanol–water partition coefficient (Wildman–Crippen LogP) is 2.07. The van der Waals surface area contributed by atoms with E-state index in [1.165, 1.54) is 0 Å². The zero-order valence-electron chi connectivity index (χ0n) is 11.2. The molecule has 4 nitrogen and oxygen atoms in total. The Morgan fingerprint density at radius 2 is 1.95 bits per heavy atom. The first kappa shape index (κ1) is 14.1. The highest BCUT2D eigenvalue weighted by atomic mass is 79.9. The van der Waals surface area contributed by atoms with Crippen molar-refractivity contribution in [2.45, 2.75) is 38.9 Å². The van der Waals surface area contributed by atoms with E-state index in [0.29, 0.717) is 6.54 Å². The lowest BCUT2D eigenvalue weighted by molar-refractivity contribution is -0.155. The number of benzene rings is 1. The third-order valence-corrected chi connectivity index (χ3v) is 4.27. The van der Waals surface area contributed by atoms with Crippen molar-refractivity contribution in [3.8, 4) is 0 Å². The number of nitrogens with zero attached hydrogens (tertiary/aromatic N) is 1. The smallest absolute Gasteiger partial charge is 0.246 e. The molecule has 1 atom stereocenters. The van der Waals surface area contributed by atoms with Crippen LogP contribution in [0.25, 0.3) is 0 Å². The van der Waals surface area contributed by atoms with Crippen LogP contribution in [-0.4, -0.2) is 28.3 Å². The first-order valence-electron chi connectivity index (χ1n) is 6.20. The minimum absolute atomic E-state index is 0.0552. The van der Waals surface area contributed by atoms with Gasteiger partial charge in [0.2, 0.25) is 11.8 Å². The molecule has 19 heavy (non-hydrogen) atoms. The molecule has 1 N–H and O–H groups in total. The van der Waals surface area contributed by atoms with Gasteiger partial charge in [-0.3, -0.25) is 9.59 Å². The van der Waals surface area contributed by atoms with E-state index in [9.17, 15) is 9.59 Å². The first-order chi connectivity index (χ1) is 8.84. The van der Waals surface area contributed by atoms with E-state index in [0.717, 1.165) is 10.0 Å². The Bertz CT molecular complexity index is 528. The summed E-state index contributed by atoms with van der Waals surface area (Å²) in [6.45, 7) is 5.67. The van der Waals surface area contributed by atoms with Gasteiger partial charge in [0.15, 0.2) is 0 Å². The van der Waals surface area contributed by atoms with Gasteiger partial charge >= 0.3 is 0 Å². The standard InChI is InChI=1S/C14H17BrN2O2/c1-9-12(18)17(14(2,3)13(19)16-9)8-10-6-4-5-7-11(10)15/h4-7,9H,8H2,1-3H3,(H,16,19). The molecule has 1 aliphatic rings. The molecule has 0 spiro atoms. The second-order valence-corrected chi connectivity index (χ2v) is 6.12. The molecule has 1 aromatic rings. The van der Waals surface area contributed by atoms with Crippen LogP contribution in [0.15, 0.2) is 28.7 Å². The zero-order chi connectivity index (χ0) is 14.2. The molecule has 1 aliphatic heterocycles. The average molecular weight is 325 g/mol. The fourth-order valence-electron chi connectivity index (χ4n) is 2.14. The van der Waals surface area contributed by atoms with Gasteiger partial charge in [-0.25, -0.2) is 0 Å². The van der Waals surface area contributed by atoms with Crippen LogP contribution in [0.5, 0.6) is 0 Å². The lowest BCUT2D eigenvalue weighted by Gasteiger charge is -2.43. The average Bonchev–Trinajstić information content (AvgIpc) is 2.35. The van der Waals surface area contributed by atoms with Crippen molar-refractivity contribution in [2.24, 2.45) is 0 Å². The predicted molar refractivity (Wildman–Crippen MR) is 76.4 cm³/mol. The minimum Gasteiger partial charge on any atom is -0.343 e. The third-order valence-electron chi connectivity index (χ3n) is 3.50. The molecule has 1 unspecified atom stereocenters. The van der Waals surface area contributed by atoms with Gasteiger partial charge in [-0.15, -0.1) is 0 Å². The lowest BCUT2D eigenvalue weighted by Crippen LogP contribution is -2.67. The van der Waals surface area contributed by atoms with Crippen molar-refractivity contribution in [3.63, 3.8) is 0 Å². The van der Waals surface area contributed by atoms with Gasteiger partial charge in [0.25, 0.3) is 0 Å². The van der Waals surface area contributed by atoms with Gasteiger partial charge < -0.3 is 10.2 Å². The van der Waals surface area contributed by atoms with Gasteiger partial charge in [0.1, 0.15) is 11.6 Å². The van der Waals surface area contributed by atoms with Crippen molar-refractivity contribution in [2.75, 3.05) is 0 Å². The highest BCUT2D eigenvalue weighted by Crippen LogP contribution is 2.26. The van der Waals surface area contributed by atoms with Crippen LogP contribution >= 0.6 is 15.9 Å². The van der Waals surface area contributed by atoms with E-state index in [-0.39, 0.29) is 11.8 Å². The Morgan fingerprint density at radius 3 is 2.58 bits per heavy atom. The lowest BCUT2D eigenvalue weighted by atomic mass is 9.95. The van der Waals surface area contributed by atoms with Gasteiger partial charge in [0.05, 0.1) is 0 Å². The highest BCUT2D eigenvalue weighted by molar-refractivity contribution is 9.10. The Hall–Kier alpha value is -1.36. The number of carbonyl (C=O) groups is 2. The summed E-state index contributed by atoms with van der Waals surface area (Å²) >= 11 is 3.47. The van der Waals surface area contributed by atoms with E-state index < -0.39 is 11.6 Å². The molecule has 2 amide bonds. The molecule has 2 rings (SSSR count). The summed E-state index contributed by atoms with van der Waals surface area (Å²) in [7, 11) is 0. The van der Waals surface area contributed by atoms with Crippen LogP contribution in [-0.2, 0) is 16.1 Å². The number of amides is 2. The number of rotatable bonds is 2.